The molecule has 0 bridgehead atoms. The van der Waals surface area contributed by atoms with Crippen molar-refractivity contribution >= 4 is 17.3 Å². The first kappa shape index (κ1) is 19.1. The van der Waals surface area contributed by atoms with Crippen LogP contribution in [0.1, 0.15) is 10.5 Å². The van der Waals surface area contributed by atoms with Gasteiger partial charge in [-0.3, -0.25) is 14.9 Å². The summed E-state index contributed by atoms with van der Waals surface area (Å²) in [6, 6.07) is 16.5. The maximum absolute atomic E-state index is 13.1. The van der Waals surface area contributed by atoms with E-state index in [0.717, 1.165) is 5.69 Å². The fourth-order valence-corrected chi connectivity index (χ4v) is 3.06. The number of hydrogen-bond acceptors (Lipinski definition) is 4. The van der Waals surface area contributed by atoms with Crippen LogP contribution in [0.25, 0.3) is 17.1 Å². The number of nitrogens with zero attached hydrogens (tertiary/aromatic N) is 4. The average Bonchev–Trinajstić information content (AvgIpc) is 3.36. The van der Waals surface area contributed by atoms with Gasteiger partial charge in [-0.1, -0.05) is 6.07 Å². The molecule has 0 radical (unpaired) electrons. The minimum atomic E-state index is -0.511. The summed E-state index contributed by atoms with van der Waals surface area (Å²) in [7, 11) is 1.85. The Bertz CT molecular complexity index is 1240. The van der Waals surface area contributed by atoms with Crippen LogP contribution < -0.4 is 5.32 Å². The fraction of sp³-hybridized carbons (Fsp3) is 0.0476. The Balaban J connectivity index is 1.79. The van der Waals surface area contributed by atoms with E-state index in [0.29, 0.717) is 17.1 Å². The molecule has 0 aliphatic carbocycles. The van der Waals surface area contributed by atoms with Crippen LogP contribution in [-0.2, 0) is 7.05 Å². The van der Waals surface area contributed by atoms with Crippen LogP contribution in [0, 0.1) is 15.9 Å². The molecule has 4 rings (SSSR count). The molecule has 1 amide bonds. The standard InChI is InChI=1S/C21H16FN5O3/c1-25-11-3-6-19(25)18-13-20(21(28)23-15-9-7-14(22)8-10-15)26(24-18)16-4-2-5-17(12-16)27(29)30/h2-13H,1H3,(H,23,28). The van der Waals surface area contributed by atoms with Crippen molar-refractivity contribution in [2.75, 3.05) is 5.32 Å². The van der Waals surface area contributed by atoms with Crippen LogP contribution in [0.3, 0.4) is 0 Å². The van der Waals surface area contributed by atoms with Gasteiger partial charge >= 0.3 is 0 Å². The molecule has 0 saturated heterocycles. The van der Waals surface area contributed by atoms with Crippen molar-refractivity contribution in [3.05, 3.63) is 94.6 Å². The summed E-state index contributed by atoms with van der Waals surface area (Å²) in [5.74, 6) is -0.901. The summed E-state index contributed by atoms with van der Waals surface area (Å²) < 4.78 is 16.4. The Morgan fingerprint density at radius 2 is 1.87 bits per heavy atom. The van der Waals surface area contributed by atoms with Crippen molar-refractivity contribution < 1.29 is 14.1 Å². The van der Waals surface area contributed by atoms with E-state index in [4.69, 9.17) is 0 Å². The lowest BCUT2D eigenvalue weighted by Gasteiger charge is -2.08. The molecular formula is C21H16FN5O3. The van der Waals surface area contributed by atoms with E-state index in [2.05, 4.69) is 10.4 Å². The van der Waals surface area contributed by atoms with Gasteiger partial charge in [-0.25, -0.2) is 9.07 Å². The Morgan fingerprint density at radius 3 is 2.53 bits per heavy atom. The van der Waals surface area contributed by atoms with Gasteiger partial charge in [-0.2, -0.15) is 5.10 Å². The van der Waals surface area contributed by atoms with Crippen molar-refractivity contribution in [2.45, 2.75) is 0 Å². The van der Waals surface area contributed by atoms with E-state index >= 15 is 0 Å². The number of rotatable bonds is 5. The number of carbonyl (C=O) groups is 1. The van der Waals surface area contributed by atoms with Crippen molar-refractivity contribution in [1.29, 1.82) is 0 Å². The van der Waals surface area contributed by atoms with E-state index in [-0.39, 0.29) is 11.4 Å². The highest BCUT2D eigenvalue weighted by Gasteiger charge is 2.20. The van der Waals surface area contributed by atoms with Crippen molar-refractivity contribution in [2.24, 2.45) is 7.05 Å². The molecule has 1 N–H and O–H groups in total. The number of aromatic nitrogens is 3. The predicted molar refractivity (Wildman–Crippen MR) is 109 cm³/mol. The monoisotopic (exact) mass is 405 g/mol. The van der Waals surface area contributed by atoms with E-state index < -0.39 is 16.6 Å². The van der Waals surface area contributed by atoms with Crippen molar-refractivity contribution in [3.8, 4) is 17.1 Å². The zero-order chi connectivity index (χ0) is 21.3. The maximum Gasteiger partial charge on any atom is 0.274 e. The van der Waals surface area contributed by atoms with Crippen LogP contribution in [0.2, 0.25) is 0 Å². The molecule has 150 valence electrons. The summed E-state index contributed by atoms with van der Waals surface area (Å²) >= 11 is 0. The number of carbonyl (C=O) groups excluding carboxylic acids is 1. The number of hydrogen-bond donors (Lipinski definition) is 1. The highest BCUT2D eigenvalue weighted by molar-refractivity contribution is 6.04. The second-order valence-corrected chi connectivity index (χ2v) is 6.57. The lowest BCUT2D eigenvalue weighted by atomic mass is 10.2. The molecule has 2 aromatic carbocycles. The summed E-state index contributed by atoms with van der Waals surface area (Å²) in [6.07, 6.45) is 1.85. The van der Waals surface area contributed by atoms with Gasteiger partial charge in [0.1, 0.15) is 17.2 Å². The lowest BCUT2D eigenvalue weighted by molar-refractivity contribution is -0.384. The Morgan fingerprint density at radius 1 is 1.10 bits per heavy atom. The number of non-ortho nitro benzene ring substituents is 1. The first-order valence-corrected chi connectivity index (χ1v) is 8.96. The molecule has 0 unspecified atom stereocenters. The zero-order valence-corrected chi connectivity index (χ0v) is 15.8. The van der Waals surface area contributed by atoms with Gasteiger partial charge in [-0.05, 0) is 48.5 Å². The molecule has 2 aromatic heterocycles. The largest absolute Gasteiger partial charge is 0.349 e. The van der Waals surface area contributed by atoms with Gasteiger partial charge in [0.25, 0.3) is 11.6 Å². The van der Waals surface area contributed by atoms with Gasteiger partial charge in [-0.15, -0.1) is 0 Å². The molecule has 0 atom stereocenters. The van der Waals surface area contributed by atoms with Crippen molar-refractivity contribution in [3.63, 3.8) is 0 Å². The first-order chi connectivity index (χ1) is 14.4. The number of amides is 1. The molecule has 8 nitrogen and oxygen atoms in total. The smallest absolute Gasteiger partial charge is 0.274 e. The topological polar surface area (TPSA) is 95.0 Å². The molecule has 0 aliphatic heterocycles. The lowest BCUT2D eigenvalue weighted by Crippen LogP contribution is -2.17. The number of benzene rings is 2. The highest BCUT2D eigenvalue weighted by Crippen LogP contribution is 2.24. The van der Waals surface area contributed by atoms with E-state index in [1.165, 1.54) is 47.1 Å². The molecular weight excluding hydrogens is 389 g/mol. The Labute approximate surface area is 170 Å². The second-order valence-electron chi connectivity index (χ2n) is 6.57. The van der Waals surface area contributed by atoms with Gasteiger partial charge in [0, 0.05) is 31.1 Å². The number of aryl methyl sites for hydroxylation is 1. The molecule has 2 heterocycles. The molecule has 0 aliphatic rings. The van der Waals surface area contributed by atoms with Gasteiger partial charge in [0.05, 0.1) is 16.3 Å². The molecule has 0 fully saturated rings. The van der Waals surface area contributed by atoms with Crippen LogP contribution >= 0.6 is 0 Å². The molecule has 4 aromatic rings. The average molecular weight is 405 g/mol. The van der Waals surface area contributed by atoms with Crippen LogP contribution in [0.15, 0.2) is 72.9 Å². The van der Waals surface area contributed by atoms with E-state index in [1.807, 2.05) is 29.9 Å². The number of nitro benzene ring substituents is 1. The summed E-state index contributed by atoms with van der Waals surface area (Å²) in [5, 5.41) is 18.4. The SMILES string of the molecule is Cn1cccc1-c1cc(C(=O)Nc2ccc(F)cc2)n(-c2cccc([N+](=O)[O-])c2)n1. The maximum atomic E-state index is 13.1. The first-order valence-electron chi connectivity index (χ1n) is 8.96. The summed E-state index contributed by atoms with van der Waals surface area (Å²) in [5.41, 5.74) is 2.14. The number of anilines is 1. The number of nitro groups is 1. The Kier molecular flexibility index (Phi) is 4.85. The van der Waals surface area contributed by atoms with Crippen LogP contribution in [0.5, 0.6) is 0 Å². The molecule has 0 spiro atoms. The molecule has 0 saturated carbocycles. The predicted octanol–water partition coefficient (Wildman–Crippen LogP) is 4.18. The summed E-state index contributed by atoms with van der Waals surface area (Å²) in [4.78, 5) is 23.6. The minimum absolute atomic E-state index is 0.117. The number of nitrogens with one attached hydrogen (secondary N) is 1. The third kappa shape index (κ3) is 3.68. The molecule has 9 heteroatoms. The number of halogens is 1. The zero-order valence-electron chi connectivity index (χ0n) is 15.8. The Hall–Kier alpha value is -4.27. The summed E-state index contributed by atoms with van der Waals surface area (Å²) in [6.45, 7) is 0. The molecule has 30 heavy (non-hydrogen) atoms. The van der Waals surface area contributed by atoms with E-state index in [9.17, 15) is 19.3 Å². The van der Waals surface area contributed by atoms with Gasteiger partial charge in [0.2, 0.25) is 0 Å². The third-order valence-corrected chi connectivity index (χ3v) is 4.54. The quantitative estimate of drug-likeness (QED) is 0.398. The third-order valence-electron chi connectivity index (χ3n) is 4.54. The van der Waals surface area contributed by atoms with Crippen molar-refractivity contribution in [1.82, 2.24) is 14.3 Å². The van der Waals surface area contributed by atoms with E-state index in [1.54, 1.807) is 12.1 Å². The van der Waals surface area contributed by atoms with Crippen LogP contribution in [0.4, 0.5) is 15.8 Å². The van der Waals surface area contributed by atoms with Crippen LogP contribution in [-0.4, -0.2) is 25.2 Å². The highest BCUT2D eigenvalue weighted by atomic mass is 19.1. The van der Waals surface area contributed by atoms with Gasteiger partial charge in [0.15, 0.2) is 0 Å². The van der Waals surface area contributed by atoms with Gasteiger partial charge < -0.3 is 9.88 Å². The fourth-order valence-electron chi connectivity index (χ4n) is 3.06. The minimum Gasteiger partial charge on any atom is -0.349 e. The normalized spacial score (nSPS) is 10.7. The second kappa shape index (κ2) is 7.63.